The van der Waals surface area contributed by atoms with Crippen molar-refractivity contribution in [2.75, 3.05) is 0 Å². The molecule has 0 aliphatic heterocycles. The van der Waals surface area contributed by atoms with Crippen LogP contribution in [0.15, 0.2) is 6.33 Å². The van der Waals surface area contributed by atoms with Crippen LogP contribution in [0.1, 0.15) is 26.6 Å². The number of hydrogen-bond acceptors (Lipinski definition) is 2. The zero-order valence-electron chi connectivity index (χ0n) is 6.92. The molecule has 56 valence electrons. The van der Waals surface area contributed by atoms with Crippen LogP contribution in [0, 0.1) is 0 Å². The molecule has 1 heterocycles. The van der Waals surface area contributed by atoms with E-state index in [1.807, 2.05) is 11.6 Å². The maximum absolute atomic E-state index is 4.00. The molecule has 3 nitrogen and oxygen atoms in total. The summed E-state index contributed by atoms with van der Waals surface area (Å²) < 4.78 is 1.94. The maximum atomic E-state index is 4.00. The topological polar surface area (TPSA) is 30.7 Å². The number of aromatic nitrogens is 3. The van der Waals surface area contributed by atoms with Crippen molar-refractivity contribution in [3.63, 3.8) is 0 Å². The molecule has 0 bridgehead atoms. The fourth-order valence-corrected chi connectivity index (χ4v) is 0.962. The monoisotopic (exact) mass is 139 g/mol. The fourth-order valence-electron chi connectivity index (χ4n) is 0.962. The van der Waals surface area contributed by atoms with Gasteiger partial charge in [-0.25, -0.2) is 0 Å². The third kappa shape index (κ3) is 1.17. The molecule has 1 aromatic rings. The molecular formula is C7H13N3. The summed E-state index contributed by atoms with van der Waals surface area (Å²) in [5.74, 6) is 1.02. The van der Waals surface area contributed by atoms with Crippen LogP contribution in [0.4, 0.5) is 0 Å². The average molecular weight is 139 g/mol. The summed E-state index contributed by atoms with van der Waals surface area (Å²) in [6.07, 6.45) is 1.72. The normalized spacial score (nSPS) is 12.0. The Morgan fingerprint density at radius 2 is 2.00 bits per heavy atom. The first-order valence-corrected chi connectivity index (χ1v) is 3.36. The van der Waals surface area contributed by atoms with Crippen LogP contribution in [-0.4, -0.2) is 14.8 Å². The molecule has 0 unspecified atom stereocenters. The van der Waals surface area contributed by atoms with Crippen molar-refractivity contribution in [2.45, 2.75) is 26.2 Å². The van der Waals surface area contributed by atoms with Crippen LogP contribution in [0.5, 0.6) is 0 Å². The van der Waals surface area contributed by atoms with Gasteiger partial charge in [-0.3, -0.25) is 0 Å². The molecule has 0 amide bonds. The number of rotatable bonds is 0. The minimum absolute atomic E-state index is 0.102. The molecule has 10 heavy (non-hydrogen) atoms. The summed E-state index contributed by atoms with van der Waals surface area (Å²) in [5, 5.41) is 7.80. The second kappa shape index (κ2) is 2.08. The Balaban J connectivity index is 3.05. The van der Waals surface area contributed by atoms with Crippen molar-refractivity contribution in [3.8, 4) is 0 Å². The number of nitrogens with zero attached hydrogens (tertiary/aromatic N) is 3. The van der Waals surface area contributed by atoms with Gasteiger partial charge in [-0.1, -0.05) is 20.8 Å². The standard InChI is InChI=1S/C7H13N3/c1-7(2,3)6-9-8-5-10(6)4/h5H,1-4H3. The first-order valence-electron chi connectivity index (χ1n) is 3.36. The van der Waals surface area contributed by atoms with Crippen LogP contribution in [0.3, 0.4) is 0 Å². The van der Waals surface area contributed by atoms with Gasteiger partial charge in [0.15, 0.2) is 0 Å². The SMILES string of the molecule is Cn1cnnc1C(C)(C)C. The Morgan fingerprint density at radius 1 is 1.40 bits per heavy atom. The Hall–Kier alpha value is -0.860. The first kappa shape index (κ1) is 7.25. The van der Waals surface area contributed by atoms with Crippen LogP contribution in [-0.2, 0) is 12.5 Å². The minimum Gasteiger partial charge on any atom is -0.320 e. The van der Waals surface area contributed by atoms with E-state index in [1.54, 1.807) is 6.33 Å². The lowest BCUT2D eigenvalue weighted by Gasteiger charge is -2.15. The smallest absolute Gasteiger partial charge is 0.137 e. The molecule has 0 saturated carbocycles. The van der Waals surface area contributed by atoms with Gasteiger partial charge in [0, 0.05) is 12.5 Å². The van der Waals surface area contributed by atoms with Gasteiger partial charge in [0.1, 0.15) is 12.2 Å². The zero-order valence-corrected chi connectivity index (χ0v) is 6.92. The summed E-state index contributed by atoms with van der Waals surface area (Å²) in [4.78, 5) is 0. The predicted octanol–water partition coefficient (Wildman–Crippen LogP) is 1.11. The molecule has 0 N–H and O–H groups in total. The molecule has 0 aliphatic rings. The van der Waals surface area contributed by atoms with Crippen molar-refractivity contribution < 1.29 is 0 Å². The molecular weight excluding hydrogens is 126 g/mol. The fraction of sp³-hybridized carbons (Fsp3) is 0.714. The highest BCUT2D eigenvalue weighted by Gasteiger charge is 2.18. The van der Waals surface area contributed by atoms with Gasteiger partial charge in [0.05, 0.1) is 0 Å². The Bertz CT molecular complexity index is 219. The molecule has 3 heteroatoms. The summed E-state index contributed by atoms with van der Waals surface area (Å²) >= 11 is 0. The van der Waals surface area contributed by atoms with E-state index in [9.17, 15) is 0 Å². The van der Waals surface area contributed by atoms with E-state index < -0.39 is 0 Å². The van der Waals surface area contributed by atoms with Gasteiger partial charge >= 0.3 is 0 Å². The number of hydrogen-bond donors (Lipinski definition) is 0. The third-order valence-corrected chi connectivity index (χ3v) is 1.38. The highest BCUT2D eigenvalue weighted by atomic mass is 15.3. The lowest BCUT2D eigenvalue weighted by Crippen LogP contribution is -2.17. The average Bonchev–Trinajstić information content (AvgIpc) is 2.11. The minimum atomic E-state index is 0.102. The summed E-state index contributed by atoms with van der Waals surface area (Å²) in [7, 11) is 1.96. The van der Waals surface area contributed by atoms with E-state index in [0.717, 1.165) is 5.82 Å². The van der Waals surface area contributed by atoms with E-state index >= 15 is 0 Å². The Kier molecular flexibility index (Phi) is 1.50. The van der Waals surface area contributed by atoms with E-state index in [1.165, 1.54) is 0 Å². The Morgan fingerprint density at radius 3 is 2.20 bits per heavy atom. The maximum Gasteiger partial charge on any atom is 0.137 e. The highest BCUT2D eigenvalue weighted by molar-refractivity contribution is 4.99. The van der Waals surface area contributed by atoms with E-state index in [0.29, 0.717) is 0 Å². The molecule has 0 saturated heterocycles. The van der Waals surface area contributed by atoms with Crippen molar-refractivity contribution >= 4 is 0 Å². The first-order chi connectivity index (χ1) is 4.52. The second-order valence-electron chi connectivity index (χ2n) is 3.52. The molecule has 1 aromatic heterocycles. The molecule has 0 radical (unpaired) electrons. The van der Waals surface area contributed by atoms with Crippen molar-refractivity contribution in [3.05, 3.63) is 12.2 Å². The van der Waals surface area contributed by atoms with Crippen LogP contribution >= 0.6 is 0 Å². The van der Waals surface area contributed by atoms with E-state index in [-0.39, 0.29) is 5.41 Å². The van der Waals surface area contributed by atoms with Gasteiger partial charge < -0.3 is 4.57 Å². The van der Waals surface area contributed by atoms with Crippen molar-refractivity contribution in [1.29, 1.82) is 0 Å². The molecule has 0 spiro atoms. The van der Waals surface area contributed by atoms with Crippen LogP contribution in [0.25, 0.3) is 0 Å². The van der Waals surface area contributed by atoms with Crippen LogP contribution < -0.4 is 0 Å². The second-order valence-corrected chi connectivity index (χ2v) is 3.52. The Labute approximate surface area is 61.1 Å². The third-order valence-electron chi connectivity index (χ3n) is 1.38. The lowest BCUT2D eigenvalue weighted by molar-refractivity contribution is 0.520. The summed E-state index contributed by atoms with van der Waals surface area (Å²) in [5.41, 5.74) is 0.102. The van der Waals surface area contributed by atoms with Gasteiger partial charge in [-0.05, 0) is 0 Å². The highest BCUT2D eigenvalue weighted by Crippen LogP contribution is 2.17. The predicted molar refractivity (Wildman–Crippen MR) is 39.7 cm³/mol. The van der Waals surface area contributed by atoms with Gasteiger partial charge in [0.2, 0.25) is 0 Å². The van der Waals surface area contributed by atoms with E-state index in [4.69, 9.17) is 0 Å². The van der Waals surface area contributed by atoms with E-state index in [2.05, 4.69) is 31.0 Å². The number of aryl methyl sites for hydroxylation is 1. The largest absolute Gasteiger partial charge is 0.320 e. The van der Waals surface area contributed by atoms with Crippen molar-refractivity contribution in [2.24, 2.45) is 7.05 Å². The molecule has 0 fully saturated rings. The van der Waals surface area contributed by atoms with Crippen molar-refractivity contribution in [1.82, 2.24) is 14.8 Å². The van der Waals surface area contributed by atoms with Crippen LogP contribution in [0.2, 0.25) is 0 Å². The quantitative estimate of drug-likeness (QED) is 0.539. The molecule has 0 atom stereocenters. The van der Waals surface area contributed by atoms with Gasteiger partial charge in [-0.15, -0.1) is 10.2 Å². The lowest BCUT2D eigenvalue weighted by atomic mass is 9.96. The summed E-state index contributed by atoms with van der Waals surface area (Å²) in [6, 6.07) is 0. The molecule has 1 rings (SSSR count). The van der Waals surface area contributed by atoms with Gasteiger partial charge in [-0.2, -0.15) is 0 Å². The summed E-state index contributed by atoms with van der Waals surface area (Å²) in [6.45, 7) is 6.37. The zero-order chi connectivity index (χ0) is 7.78. The van der Waals surface area contributed by atoms with Gasteiger partial charge in [0.25, 0.3) is 0 Å². The molecule has 0 aliphatic carbocycles. The molecule has 0 aromatic carbocycles.